The van der Waals surface area contributed by atoms with Crippen LogP contribution in [0, 0.1) is 13.8 Å². The number of carbonyl (C=O) groups is 1. The van der Waals surface area contributed by atoms with Crippen molar-refractivity contribution >= 4 is 11.7 Å². The number of aryl methyl sites for hydroxylation is 2. The topological polar surface area (TPSA) is 73.0 Å². The minimum Gasteiger partial charge on any atom is -0.361 e. The van der Waals surface area contributed by atoms with Crippen LogP contribution in [0.15, 0.2) is 59.3 Å². The summed E-state index contributed by atoms with van der Waals surface area (Å²) in [6, 6.07) is 11.8. The highest BCUT2D eigenvalue weighted by molar-refractivity contribution is 5.98. The first-order valence-electron chi connectivity index (χ1n) is 8.08. The maximum absolute atomic E-state index is 12.0. The largest absolute Gasteiger partial charge is 0.361 e. The molecule has 0 fully saturated rings. The van der Waals surface area contributed by atoms with Crippen molar-refractivity contribution in [3.8, 4) is 0 Å². The maximum atomic E-state index is 12.0. The molecule has 0 saturated carbocycles. The van der Waals surface area contributed by atoms with Crippen molar-refractivity contribution in [1.82, 2.24) is 14.9 Å². The number of allylic oxidation sites excluding steroid dienone is 1. The van der Waals surface area contributed by atoms with Crippen LogP contribution in [0.5, 0.6) is 0 Å². The van der Waals surface area contributed by atoms with Crippen LogP contribution in [0.1, 0.15) is 22.6 Å². The summed E-state index contributed by atoms with van der Waals surface area (Å²) in [5, 5.41) is 11.0. The third-order valence-electron chi connectivity index (χ3n) is 3.86. The Morgan fingerprint density at radius 1 is 1.24 bits per heavy atom. The van der Waals surface area contributed by atoms with Crippen LogP contribution in [-0.4, -0.2) is 20.8 Å². The monoisotopic (exact) mass is 336 g/mol. The zero-order valence-electron chi connectivity index (χ0n) is 14.3. The average Bonchev–Trinajstić information content (AvgIpc) is 3.17. The molecular formula is C19H20N4O2. The van der Waals surface area contributed by atoms with Crippen LogP contribution in [0.3, 0.4) is 0 Å². The lowest BCUT2D eigenvalue weighted by Gasteiger charge is -2.01. The molecule has 0 unspecified atom stereocenters. The minimum atomic E-state index is -0.196. The fourth-order valence-corrected chi connectivity index (χ4v) is 2.49. The Kier molecular flexibility index (Phi) is 5.09. The molecule has 3 aromatic rings. The Morgan fingerprint density at radius 3 is 2.76 bits per heavy atom. The van der Waals surface area contributed by atoms with Crippen LogP contribution in [0.4, 0.5) is 5.82 Å². The molecule has 2 heterocycles. The Bertz CT molecular complexity index is 858. The molecule has 1 N–H and O–H groups in total. The molecule has 0 bridgehead atoms. The molecule has 1 aromatic carbocycles. The predicted molar refractivity (Wildman–Crippen MR) is 95.2 cm³/mol. The van der Waals surface area contributed by atoms with Gasteiger partial charge in [-0.1, -0.05) is 41.6 Å². The summed E-state index contributed by atoms with van der Waals surface area (Å²) in [4.78, 5) is 12.0. The normalized spacial score (nSPS) is 11.1. The minimum absolute atomic E-state index is 0.196. The van der Waals surface area contributed by atoms with Crippen molar-refractivity contribution in [3.63, 3.8) is 0 Å². The van der Waals surface area contributed by atoms with Crippen molar-refractivity contribution in [3.05, 3.63) is 77.3 Å². The fraction of sp³-hybridized carbons (Fsp3) is 0.211. The first-order valence-corrected chi connectivity index (χ1v) is 8.08. The number of nitrogens with zero attached hydrogens (tertiary/aromatic N) is 3. The van der Waals surface area contributed by atoms with E-state index in [2.05, 4.69) is 15.6 Å². The van der Waals surface area contributed by atoms with E-state index < -0.39 is 0 Å². The van der Waals surface area contributed by atoms with E-state index in [-0.39, 0.29) is 5.91 Å². The van der Waals surface area contributed by atoms with Gasteiger partial charge in [-0.25, -0.2) is 0 Å². The van der Waals surface area contributed by atoms with Gasteiger partial charge in [-0.05, 0) is 31.9 Å². The van der Waals surface area contributed by atoms with Crippen LogP contribution in [-0.2, 0) is 17.8 Å². The third-order valence-corrected chi connectivity index (χ3v) is 3.86. The molecular weight excluding hydrogens is 316 g/mol. The molecule has 25 heavy (non-hydrogen) atoms. The Hall–Kier alpha value is -3.15. The van der Waals surface area contributed by atoms with Gasteiger partial charge in [-0.15, -0.1) is 0 Å². The standard InChI is InChI=1S/C19H20N4O2/c1-14-17(15(2)25-22-14)13-23-12-11-18(21-23)20-19(24)10-6-9-16-7-4-3-5-8-16/h3-8,10-12H,9,13H2,1-2H3,(H,20,21,24). The van der Waals surface area contributed by atoms with Gasteiger partial charge in [0.15, 0.2) is 5.82 Å². The third kappa shape index (κ3) is 4.44. The van der Waals surface area contributed by atoms with Gasteiger partial charge in [0, 0.05) is 17.8 Å². The summed E-state index contributed by atoms with van der Waals surface area (Å²) >= 11 is 0. The van der Waals surface area contributed by atoms with Gasteiger partial charge in [0.1, 0.15) is 5.76 Å². The van der Waals surface area contributed by atoms with Gasteiger partial charge in [-0.2, -0.15) is 5.10 Å². The van der Waals surface area contributed by atoms with Gasteiger partial charge in [0.25, 0.3) is 0 Å². The molecule has 0 spiro atoms. The highest BCUT2D eigenvalue weighted by atomic mass is 16.5. The maximum Gasteiger partial charge on any atom is 0.249 e. The number of benzene rings is 1. The molecule has 6 nitrogen and oxygen atoms in total. The van der Waals surface area contributed by atoms with Crippen LogP contribution >= 0.6 is 0 Å². The molecule has 128 valence electrons. The summed E-state index contributed by atoms with van der Waals surface area (Å²) in [6.07, 6.45) is 5.90. The van der Waals surface area contributed by atoms with Crippen molar-refractivity contribution < 1.29 is 9.32 Å². The number of aromatic nitrogens is 3. The van der Waals surface area contributed by atoms with Gasteiger partial charge in [-0.3, -0.25) is 9.48 Å². The van der Waals surface area contributed by atoms with E-state index in [0.29, 0.717) is 12.4 Å². The first-order chi connectivity index (χ1) is 12.1. The Morgan fingerprint density at radius 2 is 2.04 bits per heavy atom. The predicted octanol–water partition coefficient (Wildman–Crippen LogP) is 3.27. The van der Waals surface area contributed by atoms with Crippen molar-refractivity contribution in [2.24, 2.45) is 0 Å². The summed E-state index contributed by atoms with van der Waals surface area (Å²) < 4.78 is 6.90. The molecule has 6 heteroatoms. The Balaban J connectivity index is 1.55. The van der Waals surface area contributed by atoms with Gasteiger partial charge in [0.05, 0.1) is 12.2 Å². The van der Waals surface area contributed by atoms with E-state index in [9.17, 15) is 4.79 Å². The lowest BCUT2D eigenvalue weighted by atomic mass is 10.1. The molecule has 0 aliphatic rings. The highest BCUT2D eigenvalue weighted by Crippen LogP contribution is 2.14. The van der Waals surface area contributed by atoms with E-state index in [4.69, 9.17) is 4.52 Å². The number of amides is 1. The van der Waals surface area contributed by atoms with Crippen LogP contribution in [0.2, 0.25) is 0 Å². The van der Waals surface area contributed by atoms with E-state index >= 15 is 0 Å². The average molecular weight is 336 g/mol. The summed E-state index contributed by atoms with van der Waals surface area (Å²) in [7, 11) is 0. The highest BCUT2D eigenvalue weighted by Gasteiger charge is 2.10. The van der Waals surface area contributed by atoms with Crippen molar-refractivity contribution in [2.75, 3.05) is 5.32 Å². The molecule has 2 aromatic heterocycles. The molecule has 0 atom stereocenters. The fourth-order valence-electron chi connectivity index (χ4n) is 2.49. The van der Waals surface area contributed by atoms with Crippen molar-refractivity contribution in [1.29, 1.82) is 0 Å². The summed E-state index contributed by atoms with van der Waals surface area (Å²) in [5.74, 6) is 1.10. The zero-order valence-corrected chi connectivity index (χ0v) is 14.3. The SMILES string of the molecule is Cc1noc(C)c1Cn1ccc(NC(=O)C=CCc2ccccc2)n1. The van der Waals surface area contributed by atoms with E-state index in [1.54, 1.807) is 10.7 Å². The molecule has 0 saturated heterocycles. The Labute approximate surface area is 146 Å². The quantitative estimate of drug-likeness (QED) is 0.701. The zero-order chi connectivity index (χ0) is 17.6. The molecule has 0 aliphatic carbocycles. The van der Waals surface area contributed by atoms with E-state index in [0.717, 1.165) is 29.0 Å². The van der Waals surface area contributed by atoms with Crippen LogP contribution in [0.25, 0.3) is 0 Å². The number of nitrogens with one attached hydrogen (secondary N) is 1. The van der Waals surface area contributed by atoms with Crippen molar-refractivity contribution in [2.45, 2.75) is 26.8 Å². The van der Waals surface area contributed by atoms with Gasteiger partial charge >= 0.3 is 0 Å². The lowest BCUT2D eigenvalue weighted by Crippen LogP contribution is -2.09. The first kappa shape index (κ1) is 16.7. The number of hydrogen-bond donors (Lipinski definition) is 1. The van der Waals surface area contributed by atoms with Crippen LogP contribution < -0.4 is 5.32 Å². The van der Waals surface area contributed by atoms with E-state index in [1.807, 2.05) is 56.5 Å². The molecule has 0 radical (unpaired) electrons. The number of anilines is 1. The number of rotatable bonds is 6. The second-order valence-electron chi connectivity index (χ2n) is 5.78. The molecule has 1 amide bonds. The molecule has 3 rings (SSSR count). The summed E-state index contributed by atoms with van der Waals surface area (Å²) in [5.41, 5.74) is 3.02. The molecule has 0 aliphatic heterocycles. The smallest absolute Gasteiger partial charge is 0.249 e. The number of carbonyl (C=O) groups excluding carboxylic acids is 1. The second kappa shape index (κ2) is 7.61. The van der Waals surface area contributed by atoms with E-state index in [1.165, 1.54) is 6.08 Å². The van der Waals surface area contributed by atoms with Gasteiger partial charge < -0.3 is 9.84 Å². The second-order valence-corrected chi connectivity index (χ2v) is 5.78. The lowest BCUT2D eigenvalue weighted by molar-refractivity contribution is -0.111. The summed E-state index contributed by atoms with van der Waals surface area (Å²) in [6.45, 7) is 4.33. The van der Waals surface area contributed by atoms with Gasteiger partial charge in [0.2, 0.25) is 5.91 Å². The number of hydrogen-bond acceptors (Lipinski definition) is 4.